The molecule has 6 amide bonds. The van der Waals surface area contributed by atoms with E-state index in [-0.39, 0.29) is 36.9 Å². The third-order valence-electron chi connectivity index (χ3n) is 7.26. The van der Waals surface area contributed by atoms with Gasteiger partial charge in [0.05, 0.1) is 13.0 Å². The highest BCUT2D eigenvalue weighted by atomic mass is 16.2. The third kappa shape index (κ3) is 11.0. The molecule has 1 fully saturated rings. The van der Waals surface area contributed by atoms with Crippen molar-refractivity contribution in [1.29, 1.82) is 0 Å². The van der Waals surface area contributed by atoms with Gasteiger partial charge in [0.25, 0.3) is 0 Å². The first-order chi connectivity index (χ1) is 20.5. The molecule has 1 saturated heterocycles. The number of hydrogen-bond acceptors (Lipinski definition) is 6. The van der Waals surface area contributed by atoms with Crippen molar-refractivity contribution in [3.05, 3.63) is 59.7 Å². The molecular weight excluding hydrogens is 550 g/mol. The highest BCUT2D eigenvalue weighted by molar-refractivity contribution is 6.00. The Morgan fingerprint density at radius 3 is 2.35 bits per heavy atom. The van der Waals surface area contributed by atoms with Crippen LogP contribution in [0.2, 0.25) is 0 Å². The minimum Gasteiger partial charge on any atom is -0.369 e. The van der Waals surface area contributed by atoms with Crippen molar-refractivity contribution in [1.82, 2.24) is 20.9 Å². The van der Waals surface area contributed by atoms with Crippen molar-refractivity contribution < 1.29 is 24.0 Å². The highest BCUT2D eigenvalue weighted by Gasteiger charge is 2.26. The second kappa shape index (κ2) is 16.3. The quantitative estimate of drug-likeness (QED) is 0.220. The predicted molar refractivity (Wildman–Crippen MR) is 165 cm³/mol. The lowest BCUT2D eigenvalue weighted by Gasteiger charge is -2.26. The van der Waals surface area contributed by atoms with E-state index < -0.39 is 23.9 Å². The van der Waals surface area contributed by atoms with Crippen molar-refractivity contribution in [3.63, 3.8) is 0 Å². The van der Waals surface area contributed by atoms with Crippen LogP contribution in [0, 0.1) is 6.92 Å². The summed E-state index contributed by atoms with van der Waals surface area (Å²) in [6, 6.07) is 12.2. The SMILES string of the molecule is CC[C@H](NC(=O)Cc1ccc(NC(=O)Nc2ccccc2C)cc1)C(=O)N[C@@H](C)C(=O)N[C@H]1CCCCN(CC(N)=O)C1. The fourth-order valence-electron chi connectivity index (χ4n) is 4.90. The Labute approximate surface area is 252 Å². The number of carbonyl (C=O) groups is 5. The molecule has 232 valence electrons. The van der Waals surface area contributed by atoms with Gasteiger partial charge in [-0.05, 0) is 69.0 Å². The second-order valence-electron chi connectivity index (χ2n) is 10.9. The zero-order valence-electron chi connectivity index (χ0n) is 25.1. The van der Waals surface area contributed by atoms with E-state index in [0.717, 1.165) is 31.4 Å². The minimum absolute atomic E-state index is 0.0407. The number of carbonyl (C=O) groups excluding carboxylic acids is 5. The van der Waals surface area contributed by atoms with E-state index in [0.29, 0.717) is 29.9 Å². The van der Waals surface area contributed by atoms with Crippen LogP contribution in [0.15, 0.2) is 48.5 Å². The van der Waals surface area contributed by atoms with Crippen LogP contribution < -0.4 is 32.3 Å². The van der Waals surface area contributed by atoms with Crippen molar-refractivity contribution in [2.24, 2.45) is 5.73 Å². The smallest absolute Gasteiger partial charge is 0.323 e. The van der Waals surface area contributed by atoms with E-state index in [1.807, 2.05) is 36.1 Å². The van der Waals surface area contributed by atoms with E-state index in [9.17, 15) is 24.0 Å². The maximum Gasteiger partial charge on any atom is 0.323 e. The molecule has 3 atom stereocenters. The van der Waals surface area contributed by atoms with Crippen LogP contribution in [-0.4, -0.2) is 72.3 Å². The number of likely N-dealkylation sites (tertiary alicyclic amines) is 1. The Morgan fingerprint density at radius 2 is 1.67 bits per heavy atom. The lowest BCUT2D eigenvalue weighted by atomic mass is 10.1. The van der Waals surface area contributed by atoms with Crippen LogP contribution in [-0.2, 0) is 25.6 Å². The van der Waals surface area contributed by atoms with E-state index in [1.54, 1.807) is 38.1 Å². The predicted octanol–water partition coefficient (Wildman–Crippen LogP) is 2.04. The zero-order chi connectivity index (χ0) is 31.4. The first-order valence-electron chi connectivity index (χ1n) is 14.7. The number of nitrogens with zero attached hydrogens (tertiary/aromatic N) is 1. The molecule has 0 unspecified atom stereocenters. The molecule has 12 heteroatoms. The van der Waals surface area contributed by atoms with Crippen molar-refractivity contribution in [3.8, 4) is 0 Å². The number of urea groups is 1. The van der Waals surface area contributed by atoms with E-state index in [1.165, 1.54) is 0 Å². The van der Waals surface area contributed by atoms with E-state index >= 15 is 0 Å². The average molecular weight is 594 g/mol. The Hall–Kier alpha value is -4.45. The summed E-state index contributed by atoms with van der Waals surface area (Å²) in [4.78, 5) is 64.0. The lowest BCUT2D eigenvalue weighted by Crippen LogP contribution is -2.55. The average Bonchev–Trinajstić information content (AvgIpc) is 3.17. The highest BCUT2D eigenvalue weighted by Crippen LogP contribution is 2.15. The summed E-state index contributed by atoms with van der Waals surface area (Å²) < 4.78 is 0. The number of amides is 6. The maximum absolute atomic E-state index is 12.9. The number of rotatable bonds is 12. The molecule has 0 aliphatic carbocycles. The van der Waals surface area contributed by atoms with Crippen LogP contribution in [0.3, 0.4) is 0 Å². The Balaban J connectivity index is 1.45. The van der Waals surface area contributed by atoms with Gasteiger partial charge in [-0.25, -0.2) is 4.79 Å². The topological polar surface area (TPSA) is 175 Å². The van der Waals surface area contributed by atoms with Gasteiger partial charge in [-0.2, -0.15) is 0 Å². The van der Waals surface area contributed by atoms with Crippen molar-refractivity contribution >= 4 is 41.0 Å². The van der Waals surface area contributed by atoms with E-state index in [2.05, 4.69) is 26.6 Å². The number of nitrogens with two attached hydrogens (primary N) is 1. The van der Waals surface area contributed by atoms with Gasteiger partial charge in [0.2, 0.25) is 23.6 Å². The summed E-state index contributed by atoms with van der Waals surface area (Å²) in [6.45, 7) is 6.67. The van der Waals surface area contributed by atoms with Gasteiger partial charge >= 0.3 is 6.03 Å². The van der Waals surface area contributed by atoms with Crippen LogP contribution >= 0.6 is 0 Å². The molecule has 1 aliphatic heterocycles. The first kappa shape index (κ1) is 33.1. The number of benzene rings is 2. The van der Waals surface area contributed by atoms with Gasteiger partial charge in [-0.1, -0.05) is 43.7 Å². The molecule has 12 nitrogen and oxygen atoms in total. The molecule has 2 aromatic carbocycles. The number of primary amides is 1. The van der Waals surface area contributed by atoms with Crippen LogP contribution in [0.25, 0.3) is 0 Å². The Kier molecular flexibility index (Phi) is 12.5. The number of anilines is 2. The summed E-state index contributed by atoms with van der Waals surface area (Å²) in [5, 5.41) is 14.0. The summed E-state index contributed by atoms with van der Waals surface area (Å²) in [5.74, 6) is -1.53. The molecular formula is C31H43N7O5. The van der Waals surface area contributed by atoms with Gasteiger partial charge in [-0.15, -0.1) is 0 Å². The fourth-order valence-corrected chi connectivity index (χ4v) is 4.90. The van der Waals surface area contributed by atoms with Crippen LogP contribution in [0.1, 0.15) is 50.7 Å². The largest absolute Gasteiger partial charge is 0.369 e. The number of aryl methyl sites for hydroxylation is 1. The normalized spacial score (nSPS) is 16.6. The van der Waals surface area contributed by atoms with Crippen LogP contribution in [0.5, 0.6) is 0 Å². The monoisotopic (exact) mass is 593 g/mol. The molecule has 0 spiro atoms. The maximum atomic E-state index is 12.9. The van der Waals surface area contributed by atoms with Gasteiger partial charge in [-0.3, -0.25) is 24.1 Å². The molecule has 0 bridgehead atoms. The summed E-state index contributed by atoms with van der Waals surface area (Å²) in [5.41, 5.74) is 8.26. The third-order valence-corrected chi connectivity index (χ3v) is 7.26. The molecule has 0 aromatic heterocycles. The van der Waals surface area contributed by atoms with Gasteiger partial charge in [0, 0.05) is 24.0 Å². The summed E-state index contributed by atoms with van der Waals surface area (Å²) in [6.07, 6.45) is 2.98. The Morgan fingerprint density at radius 1 is 0.953 bits per heavy atom. The molecule has 0 saturated carbocycles. The molecule has 43 heavy (non-hydrogen) atoms. The Bertz CT molecular complexity index is 1280. The molecule has 3 rings (SSSR count). The molecule has 1 aliphatic rings. The summed E-state index contributed by atoms with van der Waals surface area (Å²) in [7, 11) is 0. The lowest BCUT2D eigenvalue weighted by molar-refractivity contribution is -0.132. The van der Waals surface area contributed by atoms with Gasteiger partial charge < -0.3 is 32.3 Å². The molecule has 0 radical (unpaired) electrons. The summed E-state index contributed by atoms with van der Waals surface area (Å²) >= 11 is 0. The molecule has 7 N–H and O–H groups in total. The van der Waals surface area contributed by atoms with Crippen molar-refractivity contribution in [2.75, 3.05) is 30.3 Å². The van der Waals surface area contributed by atoms with Crippen LogP contribution in [0.4, 0.5) is 16.2 Å². The van der Waals surface area contributed by atoms with Gasteiger partial charge in [0.1, 0.15) is 12.1 Å². The van der Waals surface area contributed by atoms with E-state index in [4.69, 9.17) is 5.73 Å². The minimum atomic E-state index is -0.811. The number of nitrogens with one attached hydrogen (secondary N) is 5. The second-order valence-corrected chi connectivity index (χ2v) is 10.9. The molecule has 2 aromatic rings. The number of hydrogen-bond donors (Lipinski definition) is 6. The fraction of sp³-hybridized carbons (Fsp3) is 0.452. The first-order valence-corrected chi connectivity index (χ1v) is 14.7. The van der Waals surface area contributed by atoms with Gasteiger partial charge in [0.15, 0.2) is 0 Å². The zero-order valence-corrected chi connectivity index (χ0v) is 25.1. The molecule has 1 heterocycles. The number of para-hydroxylation sites is 1. The standard InChI is InChI=1S/C31H43N7O5/c1-4-25(30(42)33-21(3)29(41)34-24-10-7-8-16-38(18-24)19-27(32)39)36-28(40)17-22-12-14-23(15-13-22)35-31(43)37-26-11-6-5-9-20(26)2/h5-6,9,11-15,21,24-25H,4,7-8,10,16-19H2,1-3H3,(H2,32,39)(H,33,42)(H,34,41)(H,36,40)(H2,35,37,43)/t21-,24-,25-/m0/s1. The van der Waals surface area contributed by atoms with Crippen molar-refractivity contribution in [2.45, 2.75) is 71.0 Å².